The van der Waals surface area contributed by atoms with Crippen LogP contribution in [0.25, 0.3) is 10.6 Å². The number of aryl methyl sites for hydroxylation is 1. The molecule has 13 heteroatoms. The lowest BCUT2D eigenvalue weighted by atomic mass is 10.1. The Bertz CT molecular complexity index is 1190. The third kappa shape index (κ3) is 8.76. The summed E-state index contributed by atoms with van der Waals surface area (Å²) in [5.41, 5.74) is 0.769. The van der Waals surface area contributed by atoms with Crippen LogP contribution >= 0.6 is 11.3 Å². The van der Waals surface area contributed by atoms with Crippen molar-refractivity contribution < 1.29 is 38.9 Å². The number of carboxylic acid groups (broad SMARTS) is 2. The molecule has 2 aromatic rings. The topological polar surface area (TPSA) is 166 Å². The third-order valence-corrected chi connectivity index (χ3v) is 7.49. The minimum atomic E-state index is -1.14. The number of amides is 3. The van der Waals surface area contributed by atoms with Crippen LogP contribution in [-0.2, 0) is 25.5 Å². The van der Waals surface area contributed by atoms with E-state index < -0.39 is 35.9 Å². The van der Waals surface area contributed by atoms with E-state index in [-0.39, 0.29) is 57.6 Å². The average molecular weight is 575 g/mol. The second-order valence-corrected chi connectivity index (χ2v) is 10.4. The highest BCUT2D eigenvalue weighted by Crippen LogP contribution is 2.29. The van der Waals surface area contributed by atoms with E-state index >= 15 is 0 Å². The molecule has 0 spiro atoms. The van der Waals surface area contributed by atoms with Gasteiger partial charge in [-0.15, -0.1) is 11.3 Å². The maximum Gasteiger partial charge on any atom is 0.409 e. The summed E-state index contributed by atoms with van der Waals surface area (Å²) in [5, 5.41) is 21.6. The van der Waals surface area contributed by atoms with Gasteiger partial charge in [0.2, 0.25) is 5.91 Å². The Morgan fingerprint density at radius 2 is 1.65 bits per heavy atom. The van der Waals surface area contributed by atoms with E-state index in [0.717, 1.165) is 18.4 Å². The zero-order chi connectivity index (χ0) is 29.1. The average Bonchev–Trinajstić information content (AvgIpc) is 3.39. The quantitative estimate of drug-likeness (QED) is 0.305. The predicted octanol–water partition coefficient (Wildman–Crippen LogP) is 2.87. The van der Waals surface area contributed by atoms with Crippen LogP contribution in [0, 0.1) is 0 Å². The summed E-state index contributed by atoms with van der Waals surface area (Å²) in [7, 11) is 0. The molecule has 3 N–H and O–H groups in total. The lowest BCUT2D eigenvalue weighted by molar-refractivity contribution is -0.139. The Balaban J connectivity index is 1.73. The van der Waals surface area contributed by atoms with Crippen LogP contribution in [0.3, 0.4) is 0 Å². The van der Waals surface area contributed by atoms with Gasteiger partial charge < -0.3 is 30.1 Å². The number of benzene rings is 1. The fraction of sp³-hybridized carbons (Fsp3) is 0.481. The fourth-order valence-electron chi connectivity index (χ4n) is 4.10. The number of nitrogens with one attached hydrogen (secondary N) is 1. The summed E-state index contributed by atoms with van der Waals surface area (Å²) in [5.74, 6) is -3.28. The first-order valence-corrected chi connectivity index (χ1v) is 14.0. The van der Waals surface area contributed by atoms with Gasteiger partial charge in [0.25, 0.3) is 5.91 Å². The molecule has 216 valence electrons. The highest BCUT2D eigenvalue weighted by Gasteiger charge is 2.32. The van der Waals surface area contributed by atoms with Crippen LogP contribution in [0.15, 0.2) is 30.3 Å². The third-order valence-electron chi connectivity index (χ3n) is 6.32. The number of nitrogens with zero attached hydrogens (tertiary/aromatic N) is 3. The van der Waals surface area contributed by atoms with Crippen molar-refractivity contribution in [2.24, 2.45) is 0 Å². The van der Waals surface area contributed by atoms with Gasteiger partial charge in [-0.3, -0.25) is 19.2 Å². The molecular formula is C27H34N4O8S. The first-order chi connectivity index (χ1) is 19.2. The highest BCUT2D eigenvalue weighted by molar-refractivity contribution is 7.15. The van der Waals surface area contributed by atoms with Gasteiger partial charge in [-0.2, -0.15) is 0 Å². The molecule has 1 aromatic carbocycles. The number of hydrogen-bond acceptors (Lipinski definition) is 8. The molecule has 12 nitrogen and oxygen atoms in total. The van der Waals surface area contributed by atoms with Gasteiger partial charge in [-0.25, -0.2) is 9.78 Å². The largest absolute Gasteiger partial charge is 0.481 e. The normalized spacial score (nSPS) is 13.9. The molecule has 0 bridgehead atoms. The lowest BCUT2D eigenvalue weighted by Crippen LogP contribution is -2.56. The number of thiazole rings is 1. The Hall–Kier alpha value is -4.00. The van der Waals surface area contributed by atoms with Crippen molar-refractivity contribution in [1.82, 2.24) is 20.1 Å². The minimum Gasteiger partial charge on any atom is -0.481 e. The summed E-state index contributed by atoms with van der Waals surface area (Å²) < 4.78 is 5.23. The van der Waals surface area contributed by atoms with Gasteiger partial charge in [0.1, 0.15) is 16.7 Å². The first kappa shape index (κ1) is 30.5. The summed E-state index contributed by atoms with van der Waals surface area (Å²) in [6, 6.07) is 7.97. The second kappa shape index (κ2) is 15.0. The van der Waals surface area contributed by atoms with Crippen LogP contribution in [0.2, 0.25) is 0 Å². The number of ether oxygens (including phenoxy) is 1. The van der Waals surface area contributed by atoms with Crippen LogP contribution in [0.4, 0.5) is 4.79 Å². The summed E-state index contributed by atoms with van der Waals surface area (Å²) in [6.45, 7) is 3.24. The number of piperazine rings is 1. The van der Waals surface area contributed by atoms with Crippen molar-refractivity contribution in [3.63, 3.8) is 0 Å². The number of rotatable bonds is 13. The molecule has 1 aliphatic rings. The Kier molecular flexibility index (Phi) is 11.4. The van der Waals surface area contributed by atoms with Crippen molar-refractivity contribution in [3.8, 4) is 10.6 Å². The zero-order valence-electron chi connectivity index (χ0n) is 22.3. The van der Waals surface area contributed by atoms with Crippen LogP contribution < -0.4 is 5.32 Å². The van der Waals surface area contributed by atoms with E-state index in [0.29, 0.717) is 16.5 Å². The molecule has 3 amide bonds. The standard InChI is InChI=1S/C27H34N4O8S/c1-2-3-17-39-27(38)31-15-13-30(14-16-31)26(37)19(9-11-21(32)33)28-24(36)23-20(10-12-22(34)35)40-25(29-23)18-7-5-4-6-8-18/h4-8,19H,2-3,9-17H2,1H3,(H,28,36)(H,32,33)(H,34,35). The molecule has 40 heavy (non-hydrogen) atoms. The second-order valence-electron chi connectivity index (χ2n) is 9.29. The number of carbonyl (C=O) groups is 5. The van der Waals surface area contributed by atoms with Crippen LogP contribution in [-0.4, -0.2) is 93.7 Å². The Labute approximate surface area is 235 Å². The van der Waals surface area contributed by atoms with E-state index in [2.05, 4.69) is 10.3 Å². The molecule has 0 aliphatic carbocycles. The van der Waals surface area contributed by atoms with Gasteiger partial charge in [-0.05, 0) is 19.3 Å². The number of carbonyl (C=O) groups excluding carboxylic acids is 3. The summed E-state index contributed by atoms with van der Waals surface area (Å²) in [6.07, 6.45) is 0.601. The Morgan fingerprint density at radius 3 is 2.27 bits per heavy atom. The Morgan fingerprint density at radius 1 is 1.00 bits per heavy atom. The fourth-order valence-corrected chi connectivity index (χ4v) is 5.16. The first-order valence-electron chi connectivity index (χ1n) is 13.2. The maximum absolute atomic E-state index is 13.4. The number of aromatic nitrogens is 1. The van der Waals surface area contributed by atoms with Crippen molar-refractivity contribution in [1.29, 1.82) is 0 Å². The van der Waals surface area contributed by atoms with Gasteiger partial charge in [0.05, 0.1) is 13.0 Å². The van der Waals surface area contributed by atoms with E-state index in [1.54, 1.807) is 0 Å². The summed E-state index contributed by atoms with van der Waals surface area (Å²) >= 11 is 1.20. The number of carboxylic acids is 2. The highest BCUT2D eigenvalue weighted by atomic mass is 32.1. The molecule has 1 unspecified atom stereocenters. The van der Waals surface area contributed by atoms with Crippen molar-refractivity contribution >= 4 is 41.2 Å². The minimum absolute atomic E-state index is 0.0119. The number of unbranched alkanes of at least 4 members (excludes halogenated alkanes) is 1. The molecule has 1 aliphatic heterocycles. The number of aliphatic carboxylic acids is 2. The molecule has 3 rings (SSSR count). The molecule has 1 atom stereocenters. The number of hydrogen-bond donors (Lipinski definition) is 3. The molecule has 1 fully saturated rings. The van der Waals surface area contributed by atoms with Crippen molar-refractivity contribution in [2.75, 3.05) is 32.8 Å². The van der Waals surface area contributed by atoms with Crippen LogP contribution in [0.5, 0.6) is 0 Å². The SMILES string of the molecule is CCCCOC(=O)N1CCN(C(=O)C(CCC(=O)O)NC(=O)c2nc(-c3ccccc3)sc2CCC(=O)O)CC1. The van der Waals surface area contributed by atoms with Gasteiger partial charge in [0, 0.05) is 43.0 Å². The van der Waals surface area contributed by atoms with E-state index in [9.17, 15) is 29.1 Å². The monoisotopic (exact) mass is 574 g/mol. The molecule has 2 heterocycles. The van der Waals surface area contributed by atoms with Crippen molar-refractivity contribution in [3.05, 3.63) is 40.9 Å². The van der Waals surface area contributed by atoms with Gasteiger partial charge >= 0.3 is 18.0 Å². The molecular weight excluding hydrogens is 540 g/mol. The molecule has 1 saturated heterocycles. The van der Waals surface area contributed by atoms with E-state index in [4.69, 9.17) is 9.84 Å². The van der Waals surface area contributed by atoms with Gasteiger partial charge in [-0.1, -0.05) is 43.7 Å². The van der Waals surface area contributed by atoms with Crippen molar-refractivity contribution in [2.45, 2.75) is 51.5 Å². The molecule has 1 aromatic heterocycles. The van der Waals surface area contributed by atoms with Gasteiger partial charge in [0.15, 0.2) is 0 Å². The van der Waals surface area contributed by atoms with E-state index in [1.807, 2.05) is 37.3 Å². The molecule has 0 saturated carbocycles. The smallest absolute Gasteiger partial charge is 0.409 e. The molecule has 0 radical (unpaired) electrons. The maximum atomic E-state index is 13.4. The zero-order valence-corrected chi connectivity index (χ0v) is 23.2. The summed E-state index contributed by atoms with van der Waals surface area (Å²) in [4.78, 5) is 69.4. The predicted molar refractivity (Wildman–Crippen MR) is 146 cm³/mol. The van der Waals surface area contributed by atoms with E-state index in [1.165, 1.54) is 21.1 Å². The lowest BCUT2D eigenvalue weighted by Gasteiger charge is -2.36. The van der Waals surface area contributed by atoms with Crippen LogP contribution in [0.1, 0.15) is 54.4 Å².